The second-order valence-electron chi connectivity index (χ2n) is 7.85. The summed E-state index contributed by atoms with van der Waals surface area (Å²) in [6.07, 6.45) is 3.88. The van der Waals surface area contributed by atoms with E-state index < -0.39 is 24.5 Å². The van der Waals surface area contributed by atoms with E-state index in [1.54, 1.807) is 24.3 Å². The number of amides is 3. The number of carbonyl (C=O) groups excluding carboxylic acids is 3. The summed E-state index contributed by atoms with van der Waals surface area (Å²) in [5, 5.41) is 9.75. The number of esters is 1. The molecule has 160 valence electrons. The number of hydrogen-bond donors (Lipinski definition) is 2. The Morgan fingerprint density at radius 1 is 1.17 bits per heavy atom. The number of urea groups is 1. The maximum Gasteiger partial charge on any atom is 0.359 e. The van der Waals surface area contributed by atoms with Crippen LogP contribution >= 0.6 is 0 Å². The minimum absolute atomic E-state index is 0.0472. The normalized spacial score (nSPS) is 14.1. The topological polar surface area (TPSA) is 119 Å². The molecule has 1 fully saturated rings. The highest BCUT2D eigenvalue weighted by Crippen LogP contribution is 2.17. The molecular weight excluding hydrogens is 388 g/mol. The molecular formula is C21H26N4O5. The lowest BCUT2D eigenvalue weighted by atomic mass is 10.1. The molecule has 1 aliphatic rings. The first kappa shape index (κ1) is 21.5. The molecule has 30 heavy (non-hydrogen) atoms. The summed E-state index contributed by atoms with van der Waals surface area (Å²) in [4.78, 5) is 49.0. The van der Waals surface area contributed by atoms with E-state index in [1.807, 2.05) is 13.8 Å². The Labute approximate surface area is 173 Å². The molecule has 3 amide bonds. The van der Waals surface area contributed by atoms with E-state index in [-0.39, 0.29) is 23.2 Å². The van der Waals surface area contributed by atoms with Crippen molar-refractivity contribution in [2.24, 2.45) is 5.92 Å². The number of benzene rings is 1. The lowest BCUT2D eigenvalue weighted by molar-refractivity contribution is -0.123. The maximum absolute atomic E-state index is 12.6. The molecule has 0 saturated heterocycles. The van der Waals surface area contributed by atoms with Crippen LogP contribution in [0.15, 0.2) is 29.1 Å². The molecule has 1 aliphatic carbocycles. The van der Waals surface area contributed by atoms with Gasteiger partial charge in [-0.25, -0.2) is 14.3 Å². The molecule has 9 heteroatoms. The highest BCUT2D eigenvalue weighted by Gasteiger charge is 2.21. The van der Waals surface area contributed by atoms with Crippen LogP contribution in [-0.4, -0.2) is 40.3 Å². The van der Waals surface area contributed by atoms with Crippen molar-refractivity contribution in [1.29, 1.82) is 0 Å². The zero-order valence-electron chi connectivity index (χ0n) is 17.1. The van der Waals surface area contributed by atoms with Gasteiger partial charge in [-0.05, 0) is 24.8 Å². The van der Waals surface area contributed by atoms with Gasteiger partial charge in [-0.2, -0.15) is 5.10 Å². The van der Waals surface area contributed by atoms with Crippen molar-refractivity contribution in [3.8, 4) is 0 Å². The molecule has 3 rings (SSSR count). The van der Waals surface area contributed by atoms with Crippen LogP contribution in [0.1, 0.15) is 50.0 Å². The monoisotopic (exact) mass is 414 g/mol. The second-order valence-corrected chi connectivity index (χ2v) is 7.85. The maximum atomic E-state index is 12.6. The van der Waals surface area contributed by atoms with Gasteiger partial charge in [0.1, 0.15) is 0 Å². The van der Waals surface area contributed by atoms with E-state index in [2.05, 4.69) is 15.7 Å². The predicted molar refractivity (Wildman–Crippen MR) is 110 cm³/mol. The molecule has 0 radical (unpaired) electrons. The quantitative estimate of drug-likeness (QED) is 0.698. The summed E-state index contributed by atoms with van der Waals surface area (Å²) in [7, 11) is 0. The Kier molecular flexibility index (Phi) is 6.81. The number of hydrogen-bond acceptors (Lipinski definition) is 6. The number of rotatable bonds is 6. The fourth-order valence-corrected chi connectivity index (χ4v) is 3.51. The summed E-state index contributed by atoms with van der Waals surface area (Å²) >= 11 is 0. The molecule has 0 unspecified atom stereocenters. The standard InChI is InChI=1S/C21H26N4O5/c1-13(2)11-25-19(27)16-10-6-5-9-15(16)18(24-25)20(28)30-12-17(26)23-21(29)22-14-7-3-4-8-14/h5-6,9-10,13-14H,3-4,7-8,11-12H2,1-2H3,(H2,22,23,26,29). The van der Waals surface area contributed by atoms with Gasteiger partial charge in [-0.15, -0.1) is 0 Å². The summed E-state index contributed by atoms with van der Waals surface area (Å²) < 4.78 is 6.29. The van der Waals surface area contributed by atoms with Crippen molar-refractivity contribution in [2.45, 2.75) is 52.1 Å². The molecule has 1 heterocycles. The van der Waals surface area contributed by atoms with E-state index in [9.17, 15) is 19.2 Å². The van der Waals surface area contributed by atoms with Crippen molar-refractivity contribution < 1.29 is 19.1 Å². The van der Waals surface area contributed by atoms with Crippen molar-refractivity contribution >= 4 is 28.7 Å². The van der Waals surface area contributed by atoms with Crippen LogP contribution in [0.25, 0.3) is 10.8 Å². The number of carbonyl (C=O) groups is 3. The lowest BCUT2D eigenvalue weighted by Crippen LogP contribution is -2.45. The third-order valence-corrected chi connectivity index (χ3v) is 4.88. The van der Waals surface area contributed by atoms with Gasteiger partial charge in [0.2, 0.25) is 0 Å². The Balaban J connectivity index is 1.68. The molecule has 2 N–H and O–H groups in total. The van der Waals surface area contributed by atoms with Crippen LogP contribution in [0.3, 0.4) is 0 Å². The minimum Gasteiger partial charge on any atom is -0.451 e. The number of nitrogens with one attached hydrogen (secondary N) is 2. The average Bonchev–Trinajstić information content (AvgIpc) is 3.20. The van der Waals surface area contributed by atoms with E-state index in [4.69, 9.17) is 4.74 Å². The van der Waals surface area contributed by atoms with Gasteiger partial charge in [0.25, 0.3) is 11.5 Å². The van der Waals surface area contributed by atoms with E-state index in [0.29, 0.717) is 17.3 Å². The van der Waals surface area contributed by atoms with Gasteiger partial charge in [0.05, 0.1) is 5.39 Å². The van der Waals surface area contributed by atoms with Crippen LogP contribution in [-0.2, 0) is 16.1 Å². The van der Waals surface area contributed by atoms with Crippen molar-refractivity contribution in [3.63, 3.8) is 0 Å². The second kappa shape index (κ2) is 9.51. The Morgan fingerprint density at radius 3 is 2.50 bits per heavy atom. The molecule has 1 aromatic carbocycles. The predicted octanol–water partition coefficient (Wildman–Crippen LogP) is 1.98. The number of fused-ring (bicyclic) bond motifs is 1. The van der Waals surface area contributed by atoms with Gasteiger partial charge in [-0.1, -0.05) is 44.9 Å². The van der Waals surface area contributed by atoms with Crippen molar-refractivity contribution in [2.75, 3.05) is 6.61 Å². The SMILES string of the molecule is CC(C)Cn1nc(C(=O)OCC(=O)NC(=O)NC2CCCC2)c2ccccc2c1=O. The lowest BCUT2D eigenvalue weighted by Gasteiger charge is -2.13. The van der Waals surface area contributed by atoms with Gasteiger partial charge in [0, 0.05) is 18.0 Å². The first-order chi connectivity index (χ1) is 14.3. The molecule has 0 bridgehead atoms. The van der Waals surface area contributed by atoms with Crippen molar-refractivity contribution in [1.82, 2.24) is 20.4 Å². The zero-order chi connectivity index (χ0) is 21.7. The first-order valence-electron chi connectivity index (χ1n) is 10.1. The number of aromatic nitrogens is 2. The third kappa shape index (κ3) is 5.22. The largest absolute Gasteiger partial charge is 0.451 e. The number of imide groups is 1. The van der Waals surface area contributed by atoms with Crippen LogP contribution < -0.4 is 16.2 Å². The first-order valence-corrected chi connectivity index (χ1v) is 10.1. The fraction of sp³-hybridized carbons (Fsp3) is 0.476. The van der Waals surface area contributed by atoms with Gasteiger partial charge in [0.15, 0.2) is 12.3 Å². The highest BCUT2D eigenvalue weighted by molar-refractivity contribution is 6.03. The van der Waals surface area contributed by atoms with Crippen LogP contribution in [0, 0.1) is 5.92 Å². The summed E-state index contributed by atoms with van der Waals surface area (Å²) in [5.74, 6) is -1.43. The van der Waals surface area contributed by atoms with Crippen molar-refractivity contribution in [3.05, 3.63) is 40.3 Å². The third-order valence-electron chi connectivity index (χ3n) is 4.88. The fourth-order valence-electron chi connectivity index (χ4n) is 3.51. The number of nitrogens with zero attached hydrogens (tertiary/aromatic N) is 2. The summed E-state index contributed by atoms with van der Waals surface area (Å²) in [6.45, 7) is 3.58. The number of ether oxygens (including phenoxy) is 1. The van der Waals surface area contributed by atoms with E-state index >= 15 is 0 Å². The highest BCUT2D eigenvalue weighted by atomic mass is 16.5. The molecule has 0 aliphatic heterocycles. The van der Waals surface area contributed by atoms with Gasteiger partial charge in [-0.3, -0.25) is 14.9 Å². The van der Waals surface area contributed by atoms with Crippen LogP contribution in [0.5, 0.6) is 0 Å². The van der Waals surface area contributed by atoms with Gasteiger partial charge < -0.3 is 10.1 Å². The minimum atomic E-state index is -0.838. The Hall–Kier alpha value is -3.23. The summed E-state index contributed by atoms with van der Waals surface area (Å²) in [6, 6.07) is 6.08. The van der Waals surface area contributed by atoms with Gasteiger partial charge >= 0.3 is 12.0 Å². The molecule has 0 atom stereocenters. The molecule has 9 nitrogen and oxygen atoms in total. The molecule has 1 saturated carbocycles. The van der Waals surface area contributed by atoms with E-state index in [0.717, 1.165) is 25.7 Å². The molecule has 2 aromatic rings. The average molecular weight is 414 g/mol. The van der Waals surface area contributed by atoms with Crippen LogP contribution in [0.2, 0.25) is 0 Å². The molecule has 1 aromatic heterocycles. The Morgan fingerprint density at radius 2 is 1.83 bits per heavy atom. The van der Waals surface area contributed by atoms with E-state index in [1.165, 1.54) is 4.68 Å². The summed E-state index contributed by atoms with van der Waals surface area (Å²) in [5.41, 5.74) is -0.341. The zero-order valence-corrected chi connectivity index (χ0v) is 17.1. The van der Waals surface area contributed by atoms with Crippen LogP contribution in [0.4, 0.5) is 4.79 Å². The smallest absolute Gasteiger partial charge is 0.359 e. The Bertz CT molecular complexity index is 1010. The molecule has 0 spiro atoms.